The van der Waals surface area contributed by atoms with Gasteiger partial charge in [0.1, 0.15) is 13.4 Å². The maximum Gasteiger partial charge on any atom is 0.293 e. The summed E-state index contributed by atoms with van der Waals surface area (Å²) in [6.45, 7) is 1.29. The van der Waals surface area contributed by atoms with Crippen molar-refractivity contribution in [2.24, 2.45) is 0 Å². The lowest BCUT2D eigenvalue weighted by molar-refractivity contribution is -0.131. The molecule has 0 radical (unpaired) electrons. The molecule has 4 nitrogen and oxygen atoms in total. The predicted octanol–water partition coefficient (Wildman–Crippen LogP) is -0.220. The van der Waals surface area contributed by atoms with Crippen LogP contribution in [-0.2, 0) is 19.0 Å². The number of carbonyl (C=O) groups excluding carboxylic acids is 1. The second-order valence-corrected chi connectivity index (χ2v) is 1.28. The molecule has 0 aliphatic carbocycles. The largest absolute Gasteiger partial charge is 0.465 e. The third kappa shape index (κ3) is 7.39. The number of ether oxygens (including phenoxy) is 3. The summed E-state index contributed by atoms with van der Waals surface area (Å²) in [5.41, 5.74) is 0. The lowest BCUT2D eigenvalue weighted by Crippen LogP contribution is -2.04. The Balaban J connectivity index is 2.66. The smallest absolute Gasteiger partial charge is 0.293 e. The van der Waals surface area contributed by atoms with Gasteiger partial charge in [0.15, 0.2) is 0 Å². The molecule has 0 saturated heterocycles. The third-order valence-corrected chi connectivity index (χ3v) is 0.615. The first-order valence-corrected chi connectivity index (χ1v) is 2.53. The second-order valence-electron chi connectivity index (χ2n) is 1.28. The van der Waals surface area contributed by atoms with Crippen LogP contribution in [0.25, 0.3) is 0 Å². The van der Waals surface area contributed by atoms with Gasteiger partial charge in [-0.05, 0) is 0 Å². The molecule has 0 aliphatic rings. The molecular formula is C5H10O4. The molecule has 0 aromatic rings. The van der Waals surface area contributed by atoms with Crippen molar-refractivity contribution in [3.05, 3.63) is 0 Å². The number of hydrogen-bond acceptors (Lipinski definition) is 4. The molecule has 0 aromatic heterocycles. The highest BCUT2D eigenvalue weighted by atomic mass is 16.7. The highest BCUT2D eigenvalue weighted by Gasteiger charge is 1.83. The first-order valence-electron chi connectivity index (χ1n) is 2.53. The Morgan fingerprint density at radius 3 is 2.78 bits per heavy atom. The molecule has 0 atom stereocenters. The Labute approximate surface area is 53.7 Å². The van der Waals surface area contributed by atoms with E-state index in [1.807, 2.05) is 0 Å². The highest BCUT2D eigenvalue weighted by molar-refractivity contribution is 5.36. The molecule has 0 heterocycles. The van der Waals surface area contributed by atoms with Gasteiger partial charge in [0.25, 0.3) is 6.47 Å². The Morgan fingerprint density at radius 2 is 2.22 bits per heavy atom. The molecule has 0 N–H and O–H groups in total. The fourth-order valence-corrected chi connectivity index (χ4v) is 0.297. The Hall–Kier alpha value is -0.610. The van der Waals surface area contributed by atoms with Crippen molar-refractivity contribution in [3.63, 3.8) is 0 Å². The van der Waals surface area contributed by atoms with E-state index < -0.39 is 0 Å². The molecule has 9 heavy (non-hydrogen) atoms. The van der Waals surface area contributed by atoms with E-state index in [0.717, 1.165) is 0 Å². The van der Waals surface area contributed by atoms with E-state index in [4.69, 9.17) is 4.74 Å². The van der Waals surface area contributed by atoms with Gasteiger partial charge in [-0.15, -0.1) is 0 Å². The molecule has 0 saturated carbocycles. The number of hydrogen-bond donors (Lipinski definition) is 0. The average molecular weight is 134 g/mol. The standard InChI is InChI=1S/C5H10O4/c1-7-5-9-3-2-8-4-6/h4H,2-3,5H2,1H3. The van der Waals surface area contributed by atoms with Gasteiger partial charge in [0, 0.05) is 7.11 Å². The van der Waals surface area contributed by atoms with Gasteiger partial charge in [-0.3, -0.25) is 4.79 Å². The zero-order chi connectivity index (χ0) is 6.95. The van der Waals surface area contributed by atoms with Gasteiger partial charge in [-0.1, -0.05) is 0 Å². The highest BCUT2D eigenvalue weighted by Crippen LogP contribution is 1.74. The van der Waals surface area contributed by atoms with Crippen molar-refractivity contribution >= 4 is 6.47 Å². The van der Waals surface area contributed by atoms with E-state index in [1.54, 1.807) is 0 Å². The maximum atomic E-state index is 9.53. The van der Waals surface area contributed by atoms with Gasteiger partial charge < -0.3 is 14.2 Å². The molecule has 0 unspecified atom stereocenters. The summed E-state index contributed by atoms with van der Waals surface area (Å²) in [5.74, 6) is 0. The zero-order valence-corrected chi connectivity index (χ0v) is 5.33. The van der Waals surface area contributed by atoms with Gasteiger partial charge in [0.2, 0.25) is 0 Å². The Bertz CT molecular complexity index is 64.0. The van der Waals surface area contributed by atoms with E-state index in [0.29, 0.717) is 13.1 Å². The van der Waals surface area contributed by atoms with Crippen molar-refractivity contribution in [1.29, 1.82) is 0 Å². The van der Waals surface area contributed by atoms with Crippen LogP contribution in [0.3, 0.4) is 0 Å². The summed E-state index contributed by atoms with van der Waals surface area (Å²) in [7, 11) is 1.53. The van der Waals surface area contributed by atoms with E-state index >= 15 is 0 Å². The molecule has 4 heteroatoms. The van der Waals surface area contributed by atoms with Crippen LogP contribution >= 0.6 is 0 Å². The fourth-order valence-electron chi connectivity index (χ4n) is 0.297. The fraction of sp³-hybridized carbons (Fsp3) is 0.800. The zero-order valence-electron chi connectivity index (χ0n) is 5.33. The van der Waals surface area contributed by atoms with Crippen LogP contribution in [0, 0.1) is 0 Å². The van der Waals surface area contributed by atoms with Crippen molar-refractivity contribution in [2.75, 3.05) is 27.1 Å². The molecule has 0 rings (SSSR count). The molecule has 0 aromatic carbocycles. The number of rotatable bonds is 6. The van der Waals surface area contributed by atoms with Gasteiger partial charge in [0.05, 0.1) is 6.61 Å². The molecule has 0 spiro atoms. The van der Waals surface area contributed by atoms with Crippen LogP contribution in [0.4, 0.5) is 0 Å². The normalized spacial score (nSPS) is 9.00. The number of carbonyl (C=O) groups is 1. The van der Waals surface area contributed by atoms with Crippen molar-refractivity contribution in [2.45, 2.75) is 0 Å². The summed E-state index contributed by atoms with van der Waals surface area (Å²) >= 11 is 0. The van der Waals surface area contributed by atoms with Gasteiger partial charge in [-0.25, -0.2) is 0 Å². The topological polar surface area (TPSA) is 44.8 Å². The van der Waals surface area contributed by atoms with Crippen LogP contribution in [0.15, 0.2) is 0 Å². The Morgan fingerprint density at radius 1 is 1.44 bits per heavy atom. The predicted molar refractivity (Wildman–Crippen MR) is 29.8 cm³/mol. The average Bonchev–Trinajstić information content (AvgIpc) is 1.89. The summed E-state index contributed by atoms with van der Waals surface area (Å²) in [4.78, 5) is 9.53. The quantitative estimate of drug-likeness (QED) is 0.286. The van der Waals surface area contributed by atoms with Crippen molar-refractivity contribution in [3.8, 4) is 0 Å². The maximum absolute atomic E-state index is 9.53. The van der Waals surface area contributed by atoms with Gasteiger partial charge in [-0.2, -0.15) is 0 Å². The third-order valence-electron chi connectivity index (χ3n) is 0.615. The molecule has 0 aliphatic heterocycles. The minimum Gasteiger partial charge on any atom is -0.465 e. The molecular weight excluding hydrogens is 124 g/mol. The van der Waals surface area contributed by atoms with Crippen LogP contribution < -0.4 is 0 Å². The van der Waals surface area contributed by atoms with Gasteiger partial charge >= 0.3 is 0 Å². The Kier molecular flexibility index (Phi) is 6.89. The van der Waals surface area contributed by atoms with Crippen molar-refractivity contribution < 1.29 is 19.0 Å². The van der Waals surface area contributed by atoms with E-state index in [2.05, 4.69) is 9.47 Å². The number of methoxy groups -OCH3 is 1. The lowest BCUT2D eigenvalue weighted by Gasteiger charge is -1.99. The molecule has 54 valence electrons. The lowest BCUT2D eigenvalue weighted by atomic mass is 10.8. The second kappa shape index (κ2) is 7.39. The van der Waals surface area contributed by atoms with E-state index in [-0.39, 0.29) is 13.4 Å². The monoisotopic (exact) mass is 134 g/mol. The van der Waals surface area contributed by atoms with Crippen molar-refractivity contribution in [1.82, 2.24) is 0 Å². The SMILES string of the molecule is COCOCCOC=O. The van der Waals surface area contributed by atoms with E-state index in [1.165, 1.54) is 7.11 Å². The summed E-state index contributed by atoms with van der Waals surface area (Å²) in [6, 6.07) is 0. The summed E-state index contributed by atoms with van der Waals surface area (Å²) < 4.78 is 13.7. The minimum atomic E-state index is 0.238. The summed E-state index contributed by atoms with van der Waals surface area (Å²) in [6.07, 6.45) is 0. The van der Waals surface area contributed by atoms with Crippen LogP contribution in [-0.4, -0.2) is 33.6 Å². The molecule has 0 bridgehead atoms. The first-order chi connectivity index (χ1) is 4.41. The molecule has 0 fully saturated rings. The molecule has 0 amide bonds. The van der Waals surface area contributed by atoms with E-state index in [9.17, 15) is 4.79 Å². The summed E-state index contributed by atoms with van der Waals surface area (Å²) in [5, 5.41) is 0. The van der Waals surface area contributed by atoms with Crippen LogP contribution in [0.1, 0.15) is 0 Å². The van der Waals surface area contributed by atoms with Crippen LogP contribution in [0.2, 0.25) is 0 Å². The van der Waals surface area contributed by atoms with Crippen LogP contribution in [0.5, 0.6) is 0 Å². The first kappa shape index (κ1) is 8.39. The minimum absolute atomic E-state index is 0.238.